The van der Waals surface area contributed by atoms with E-state index in [9.17, 15) is 4.79 Å². The third kappa shape index (κ3) is 5.92. The highest BCUT2D eigenvalue weighted by Crippen LogP contribution is 2.43. The molecule has 0 spiro atoms. The minimum atomic E-state index is -1.32. The van der Waals surface area contributed by atoms with E-state index in [2.05, 4.69) is 17.4 Å². The summed E-state index contributed by atoms with van der Waals surface area (Å²) in [6.45, 7) is 4.38. The number of aliphatic imine (C=N–C) groups is 1. The summed E-state index contributed by atoms with van der Waals surface area (Å²) in [5, 5.41) is 8.96. The Morgan fingerprint density at radius 2 is 1.89 bits per heavy atom. The van der Waals surface area contributed by atoms with Gasteiger partial charge in [-0.15, -0.1) is 6.58 Å². The Balaban J connectivity index is 1.68. The van der Waals surface area contributed by atoms with E-state index in [1.807, 2.05) is 78.9 Å². The Bertz CT molecular complexity index is 1230. The van der Waals surface area contributed by atoms with E-state index in [1.54, 1.807) is 13.2 Å². The van der Waals surface area contributed by atoms with Crippen LogP contribution in [0.4, 0.5) is 5.69 Å². The molecule has 1 amide bonds. The SMILES string of the molecule is C=CC[C@]1(C(=O)NNc2ccccc2)N=C(c2ccc(OCCCO)cc2)O[C@H]1c1cccc(OC)c1. The first-order valence-corrected chi connectivity index (χ1v) is 12.1. The Morgan fingerprint density at radius 3 is 2.59 bits per heavy atom. The lowest BCUT2D eigenvalue weighted by atomic mass is 9.84. The number of aliphatic hydroxyl groups excluding tert-OH is 1. The van der Waals surface area contributed by atoms with Crippen LogP contribution in [0.3, 0.4) is 0 Å². The third-order valence-corrected chi connectivity index (χ3v) is 5.98. The van der Waals surface area contributed by atoms with Gasteiger partial charge in [0.2, 0.25) is 5.90 Å². The molecule has 0 fully saturated rings. The molecule has 2 atom stereocenters. The minimum absolute atomic E-state index is 0.0704. The number of nitrogens with one attached hydrogen (secondary N) is 2. The molecule has 3 aromatic rings. The van der Waals surface area contributed by atoms with E-state index in [0.717, 1.165) is 11.3 Å². The summed E-state index contributed by atoms with van der Waals surface area (Å²) in [5.41, 5.74) is 6.65. The molecule has 1 aliphatic rings. The summed E-state index contributed by atoms with van der Waals surface area (Å²) < 4.78 is 17.4. The fourth-order valence-electron chi connectivity index (χ4n) is 4.10. The standard InChI is InChI=1S/C29H31N3O5/c1-3-17-29(28(34)32-31-23-10-5-4-6-11-23)26(22-9-7-12-25(20-22)35-2)37-27(30-29)21-13-15-24(16-14-21)36-19-8-18-33/h3-7,9-16,20,26,31,33H,1,8,17-19H2,2H3,(H,32,34)/t26-,29-/m0/s1. The van der Waals surface area contributed by atoms with Crippen LogP contribution in [0.2, 0.25) is 0 Å². The highest BCUT2D eigenvalue weighted by Gasteiger charge is 2.52. The molecule has 8 nitrogen and oxygen atoms in total. The van der Waals surface area contributed by atoms with Crippen LogP contribution in [0.5, 0.6) is 11.5 Å². The molecule has 192 valence electrons. The first kappa shape index (κ1) is 25.8. The predicted molar refractivity (Wildman–Crippen MR) is 143 cm³/mol. The maximum absolute atomic E-state index is 13.8. The van der Waals surface area contributed by atoms with Gasteiger partial charge in [0.05, 0.1) is 19.4 Å². The summed E-state index contributed by atoms with van der Waals surface area (Å²) in [6.07, 6.45) is 1.73. The average molecular weight is 502 g/mol. The number of carbonyl (C=O) groups excluding carboxylic acids is 1. The van der Waals surface area contributed by atoms with E-state index < -0.39 is 11.6 Å². The number of rotatable bonds is 12. The van der Waals surface area contributed by atoms with E-state index in [1.165, 1.54) is 0 Å². The zero-order valence-electron chi connectivity index (χ0n) is 20.7. The number of hydrazine groups is 1. The monoisotopic (exact) mass is 501 g/mol. The van der Waals surface area contributed by atoms with Gasteiger partial charge in [-0.3, -0.25) is 15.6 Å². The molecule has 0 saturated heterocycles. The van der Waals surface area contributed by atoms with E-state index >= 15 is 0 Å². The molecule has 0 aliphatic carbocycles. The van der Waals surface area contributed by atoms with Crippen molar-refractivity contribution in [2.24, 2.45) is 4.99 Å². The quantitative estimate of drug-likeness (QED) is 0.193. The summed E-state index contributed by atoms with van der Waals surface area (Å²) >= 11 is 0. The van der Waals surface area contributed by atoms with Crippen LogP contribution in [0.1, 0.15) is 30.1 Å². The first-order chi connectivity index (χ1) is 18.1. The fraction of sp³-hybridized carbons (Fsp3) is 0.241. The Hall–Kier alpha value is -4.30. The number of aliphatic hydroxyl groups is 1. The maximum atomic E-state index is 13.8. The highest BCUT2D eigenvalue weighted by molar-refractivity contribution is 6.01. The molecule has 8 heteroatoms. The molecule has 0 unspecified atom stereocenters. The van der Waals surface area contributed by atoms with Crippen molar-refractivity contribution in [1.29, 1.82) is 0 Å². The molecule has 37 heavy (non-hydrogen) atoms. The van der Waals surface area contributed by atoms with Crippen molar-refractivity contribution in [3.63, 3.8) is 0 Å². The van der Waals surface area contributed by atoms with Crippen LogP contribution in [0.15, 0.2) is 96.5 Å². The van der Waals surface area contributed by atoms with Crippen molar-refractivity contribution in [2.75, 3.05) is 25.7 Å². The summed E-state index contributed by atoms with van der Waals surface area (Å²) in [7, 11) is 1.59. The second-order valence-electron chi connectivity index (χ2n) is 8.50. The predicted octanol–water partition coefficient (Wildman–Crippen LogP) is 4.43. The van der Waals surface area contributed by atoms with E-state index in [-0.39, 0.29) is 18.9 Å². The molecule has 0 bridgehead atoms. The number of ether oxygens (including phenoxy) is 3. The second-order valence-corrected chi connectivity index (χ2v) is 8.50. The van der Waals surface area contributed by atoms with Gasteiger partial charge in [-0.2, -0.15) is 0 Å². The molecule has 3 aromatic carbocycles. The molecule has 0 aromatic heterocycles. The van der Waals surface area contributed by atoms with Crippen LogP contribution in [0, 0.1) is 0 Å². The number of carbonyl (C=O) groups is 1. The topological polar surface area (TPSA) is 101 Å². The Morgan fingerprint density at radius 1 is 1.11 bits per heavy atom. The van der Waals surface area contributed by atoms with Crippen molar-refractivity contribution in [1.82, 2.24) is 5.43 Å². The van der Waals surface area contributed by atoms with Gasteiger partial charge in [0.1, 0.15) is 11.5 Å². The summed E-state index contributed by atoms with van der Waals surface area (Å²) in [6, 6.07) is 24.1. The fourth-order valence-corrected chi connectivity index (χ4v) is 4.10. The average Bonchev–Trinajstić information content (AvgIpc) is 3.33. The lowest BCUT2D eigenvalue weighted by Gasteiger charge is -2.30. The summed E-state index contributed by atoms with van der Waals surface area (Å²) in [5.74, 6) is 1.30. The van der Waals surface area contributed by atoms with Crippen molar-refractivity contribution >= 4 is 17.5 Å². The largest absolute Gasteiger partial charge is 0.497 e. The van der Waals surface area contributed by atoms with Gasteiger partial charge in [0.15, 0.2) is 11.6 Å². The Kier molecular flexibility index (Phi) is 8.43. The second kappa shape index (κ2) is 12.1. The van der Waals surface area contributed by atoms with Crippen molar-refractivity contribution in [3.8, 4) is 11.5 Å². The lowest BCUT2D eigenvalue weighted by Crippen LogP contribution is -2.49. The molecule has 0 saturated carbocycles. The number of anilines is 1. The zero-order valence-corrected chi connectivity index (χ0v) is 20.7. The third-order valence-electron chi connectivity index (χ3n) is 5.98. The van der Waals surface area contributed by atoms with Crippen molar-refractivity contribution in [2.45, 2.75) is 24.5 Å². The minimum Gasteiger partial charge on any atom is -0.497 e. The van der Waals surface area contributed by atoms with Crippen LogP contribution < -0.4 is 20.3 Å². The van der Waals surface area contributed by atoms with E-state index in [4.69, 9.17) is 24.3 Å². The van der Waals surface area contributed by atoms with Crippen molar-refractivity contribution in [3.05, 3.63) is 103 Å². The van der Waals surface area contributed by atoms with Crippen LogP contribution in [-0.4, -0.2) is 42.8 Å². The van der Waals surface area contributed by atoms with Crippen LogP contribution >= 0.6 is 0 Å². The van der Waals surface area contributed by atoms with Gasteiger partial charge >= 0.3 is 0 Å². The number of methoxy groups -OCH3 is 1. The van der Waals surface area contributed by atoms with Gasteiger partial charge in [-0.1, -0.05) is 36.4 Å². The van der Waals surface area contributed by atoms with Gasteiger partial charge in [-0.25, -0.2) is 4.99 Å². The van der Waals surface area contributed by atoms with Gasteiger partial charge in [0, 0.05) is 25.0 Å². The number of nitrogens with zero attached hydrogens (tertiary/aromatic N) is 1. The van der Waals surface area contributed by atoms with Gasteiger partial charge in [0.25, 0.3) is 5.91 Å². The van der Waals surface area contributed by atoms with Crippen LogP contribution in [0.25, 0.3) is 0 Å². The number of hydrogen-bond acceptors (Lipinski definition) is 7. The summed E-state index contributed by atoms with van der Waals surface area (Å²) in [4.78, 5) is 18.6. The lowest BCUT2D eigenvalue weighted by molar-refractivity contribution is -0.128. The Labute approximate surface area is 216 Å². The zero-order chi connectivity index (χ0) is 26.1. The van der Waals surface area contributed by atoms with E-state index in [0.29, 0.717) is 36.0 Å². The highest BCUT2D eigenvalue weighted by atomic mass is 16.5. The van der Waals surface area contributed by atoms with Gasteiger partial charge in [-0.05, 0) is 54.1 Å². The molecule has 1 heterocycles. The molecular formula is C29H31N3O5. The smallest absolute Gasteiger partial charge is 0.270 e. The molecule has 0 radical (unpaired) electrons. The number of para-hydroxylation sites is 1. The molecule has 3 N–H and O–H groups in total. The number of benzene rings is 3. The molecular weight excluding hydrogens is 470 g/mol. The maximum Gasteiger partial charge on any atom is 0.270 e. The first-order valence-electron chi connectivity index (χ1n) is 12.1. The van der Waals surface area contributed by atoms with Gasteiger partial charge < -0.3 is 19.3 Å². The number of amides is 1. The van der Waals surface area contributed by atoms with Crippen molar-refractivity contribution < 1.29 is 24.1 Å². The van der Waals surface area contributed by atoms with Crippen LogP contribution in [-0.2, 0) is 9.53 Å². The molecule has 4 rings (SSSR count). The normalized spacial score (nSPS) is 18.3. The number of hydrogen-bond donors (Lipinski definition) is 3. The molecule has 1 aliphatic heterocycles.